The minimum absolute atomic E-state index is 0.524. The van der Waals surface area contributed by atoms with Crippen LogP contribution in [0.2, 0.25) is 0 Å². The summed E-state index contributed by atoms with van der Waals surface area (Å²) in [4.78, 5) is 4.50. The molecule has 2 aromatic heterocycles. The van der Waals surface area contributed by atoms with Gasteiger partial charge in [-0.2, -0.15) is 4.98 Å². The Morgan fingerprint density at radius 3 is 2.61 bits per heavy atom. The van der Waals surface area contributed by atoms with E-state index in [0.29, 0.717) is 6.01 Å². The molecule has 0 atom stereocenters. The zero-order chi connectivity index (χ0) is 15.2. The summed E-state index contributed by atoms with van der Waals surface area (Å²) in [6.07, 6.45) is 0. The van der Waals surface area contributed by atoms with Crippen molar-refractivity contribution < 1.29 is 4.42 Å². The van der Waals surface area contributed by atoms with Crippen LogP contribution in [0.3, 0.4) is 0 Å². The number of nitrogens with zero attached hydrogens (tertiary/aromatic N) is 1. The molecule has 4 heteroatoms. The van der Waals surface area contributed by atoms with Gasteiger partial charge in [0.15, 0.2) is 5.58 Å². The minimum Gasteiger partial charge on any atom is -0.423 e. The van der Waals surface area contributed by atoms with Crippen molar-refractivity contribution in [2.45, 2.75) is 0 Å². The van der Waals surface area contributed by atoms with E-state index in [-0.39, 0.29) is 0 Å². The quantitative estimate of drug-likeness (QED) is 0.438. The molecule has 2 heterocycles. The second-order valence-corrected chi connectivity index (χ2v) is 6.44. The molecule has 0 aliphatic heterocycles. The first kappa shape index (κ1) is 12.7. The van der Waals surface area contributed by atoms with Crippen molar-refractivity contribution in [3.05, 3.63) is 66.7 Å². The molecular formula is C19H12N2OS. The molecule has 0 spiro atoms. The zero-order valence-corrected chi connectivity index (χ0v) is 12.9. The zero-order valence-electron chi connectivity index (χ0n) is 12.1. The second kappa shape index (κ2) is 4.83. The van der Waals surface area contributed by atoms with E-state index in [1.807, 2.05) is 24.3 Å². The second-order valence-electron chi connectivity index (χ2n) is 5.39. The molecule has 23 heavy (non-hydrogen) atoms. The van der Waals surface area contributed by atoms with Crippen molar-refractivity contribution in [2.75, 3.05) is 5.32 Å². The van der Waals surface area contributed by atoms with Crippen LogP contribution in [0, 0.1) is 0 Å². The van der Waals surface area contributed by atoms with Crippen LogP contribution >= 0.6 is 11.3 Å². The molecule has 0 saturated carbocycles. The van der Waals surface area contributed by atoms with E-state index in [1.54, 1.807) is 11.3 Å². The average molecular weight is 316 g/mol. The predicted molar refractivity (Wildman–Crippen MR) is 96.6 cm³/mol. The maximum Gasteiger partial charge on any atom is 0.300 e. The molecule has 0 amide bonds. The van der Waals surface area contributed by atoms with Crippen LogP contribution in [-0.4, -0.2) is 4.98 Å². The van der Waals surface area contributed by atoms with Crippen molar-refractivity contribution in [3.63, 3.8) is 0 Å². The van der Waals surface area contributed by atoms with E-state index < -0.39 is 0 Å². The molecule has 0 aliphatic carbocycles. The van der Waals surface area contributed by atoms with Gasteiger partial charge in [0.2, 0.25) is 0 Å². The highest BCUT2D eigenvalue weighted by molar-refractivity contribution is 7.26. The standard InChI is InChI=1S/C19H12N2OS/c1-4-11-17-12(6-1)13-7-5-9-15(18(13)23-17)21-19-20-14-8-2-3-10-16(14)22-19/h1-11H,(H,20,21). The minimum atomic E-state index is 0.524. The van der Waals surface area contributed by atoms with Crippen molar-refractivity contribution in [1.29, 1.82) is 0 Å². The molecule has 0 bridgehead atoms. The number of aromatic nitrogens is 1. The first-order valence-electron chi connectivity index (χ1n) is 7.41. The maximum atomic E-state index is 5.78. The topological polar surface area (TPSA) is 38.1 Å². The van der Waals surface area contributed by atoms with Gasteiger partial charge in [0.1, 0.15) is 5.52 Å². The van der Waals surface area contributed by atoms with Gasteiger partial charge >= 0.3 is 0 Å². The van der Waals surface area contributed by atoms with Gasteiger partial charge in [-0.15, -0.1) is 11.3 Å². The lowest BCUT2D eigenvalue weighted by molar-refractivity contribution is 0.623. The fourth-order valence-corrected chi connectivity index (χ4v) is 4.06. The fraction of sp³-hybridized carbons (Fsp3) is 0. The SMILES string of the molecule is c1ccc2oc(Nc3cccc4c3sc3ccccc34)nc2c1. The van der Waals surface area contributed by atoms with Crippen LogP contribution in [0.25, 0.3) is 31.3 Å². The molecule has 0 radical (unpaired) electrons. The van der Waals surface area contributed by atoms with E-state index in [1.165, 1.54) is 20.2 Å². The number of thiophene rings is 1. The van der Waals surface area contributed by atoms with Crippen molar-refractivity contribution >= 4 is 54.3 Å². The third kappa shape index (κ3) is 1.99. The van der Waals surface area contributed by atoms with Gasteiger partial charge in [-0.25, -0.2) is 0 Å². The van der Waals surface area contributed by atoms with Gasteiger partial charge in [-0.3, -0.25) is 0 Å². The molecule has 0 aliphatic rings. The number of hydrogen-bond donors (Lipinski definition) is 1. The fourth-order valence-electron chi connectivity index (χ4n) is 2.89. The lowest BCUT2D eigenvalue weighted by atomic mass is 10.1. The van der Waals surface area contributed by atoms with Gasteiger partial charge < -0.3 is 9.73 Å². The van der Waals surface area contributed by atoms with Crippen molar-refractivity contribution in [1.82, 2.24) is 4.98 Å². The number of benzene rings is 3. The Hall–Kier alpha value is -2.85. The van der Waals surface area contributed by atoms with Crippen LogP contribution in [0.4, 0.5) is 11.7 Å². The summed E-state index contributed by atoms with van der Waals surface area (Å²) in [5, 5.41) is 5.87. The first-order valence-corrected chi connectivity index (χ1v) is 8.23. The lowest BCUT2D eigenvalue weighted by Crippen LogP contribution is -1.89. The number of fused-ring (bicyclic) bond motifs is 4. The van der Waals surface area contributed by atoms with Crippen LogP contribution < -0.4 is 5.32 Å². The Kier molecular flexibility index (Phi) is 2.66. The summed E-state index contributed by atoms with van der Waals surface area (Å²) in [7, 11) is 0. The number of hydrogen-bond acceptors (Lipinski definition) is 4. The Bertz CT molecular complexity index is 1120. The molecule has 110 valence electrons. The van der Waals surface area contributed by atoms with Gasteiger partial charge in [-0.1, -0.05) is 42.5 Å². The summed E-state index contributed by atoms with van der Waals surface area (Å²) in [6, 6.07) is 23.1. The van der Waals surface area contributed by atoms with Crippen LogP contribution in [0.5, 0.6) is 0 Å². The predicted octanol–water partition coefficient (Wildman–Crippen LogP) is 5.94. The molecule has 0 saturated heterocycles. The smallest absolute Gasteiger partial charge is 0.300 e. The van der Waals surface area contributed by atoms with E-state index >= 15 is 0 Å². The van der Waals surface area contributed by atoms with Crippen molar-refractivity contribution in [3.8, 4) is 0 Å². The molecular weight excluding hydrogens is 304 g/mol. The highest BCUT2D eigenvalue weighted by Gasteiger charge is 2.11. The maximum absolute atomic E-state index is 5.78. The number of anilines is 2. The molecule has 0 unspecified atom stereocenters. The number of nitrogens with one attached hydrogen (secondary N) is 1. The van der Waals surface area contributed by atoms with Gasteiger partial charge in [-0.05, 0) is 24.3 Å². The van der Waals surface area contributed by atoms with Gasteiger partial charge in [0.05, 0.1) is 10.4 Å². The highest BCUT2D eigenvalue weighted by atomic mass is 32.1. The van der Waals surface area contributed by atoms with Crippen LogP contribution in [0.15, 0.2) is 71.1 Å². The van der Waals surface area contributed by atoms with E-state index in [4.69, 9.17) is 4.42 Å². The Morgan fingerprint density at radius 1 is 0.826 bits per heavy atom. The lowest BCUT2D eigenvalue weighted by Gasteiger charge is -2.02. The van der Waals surface area contributed by atoms with Crippen LogP contribution in [0.1, 0.15) is 0 Å². The molecule has 1 N–H and O–H groups in total. The summed E-state index contributed by atoms with van der Waals surface area (Å²) in [5.74, 6) is 0. The molecule has 5 rings (SSSR count). The third-order valence-electron chi connectivity index (χ3n) is 3.94. The third-order valence-corrected chi connectivity index (χ3v) is 5.16. The average Bonchev–Trinajstić information content (AvgIpc) is 3.16. The van der Waals surface area contributed by atoms with Gasteiger partial charge in [0, 0.05) is 15.5 Å². The van der Waals surface area contributed by atoms with Crippen LogP contribution in [-0.2, 0) is 0 Å². The molecule has 0 fully saturated rings. The van der Waals surface area contributed by atoms with E-state index in [0.717, 1.165) is 16.8 Å². The summed E-state index contributed by atoms with van der Waals surface area (Å²) in [6.45, 7) is 0. The number of para-hydroxylation sites is 2. The first-order chi connectivity index (χ1) is 11.4. The van der Waals surface area contributed by atoms with E-state index in [2.05, 4.69) is 52.8 Å². The van der Waals surface area contributed by atoms with Crippen molar-refractivity contribution in [2.24, 2.45) is 0 Å². The normalized spacial score (nSPS) is 11.5. The molecule has 5 aromatic rings. The van der Waals surface area contributed by atoms with E-state index in [9.17, 15) is 0 Å². The summed E-state index contributed by atoms with van der Waals surface area (Å²) >= 11 is 1.78. The summed E-state index contributed by atoms with van der Waals surface area (Å²) in [5.41, 5.74) is 2.67. The Balaban J connectivity index is 1.67. The Labute approximate surface area is 136 Å². The summed E-state index contributed by atoms with van der Waals surface area (Å²) < 4.78 is 8.28. The Morgan fingerprint density at radius 2 is 1.65 bits per heavy atom. The highest BCUT2D eigenvalue weighted by Crippen LogP contribution is 2.38. The number of oxazole rings is 1. The number of rotatable bonds is 2. The molecule has 3 nitrogen and oxygen atoms in total. The van der Waals surface area contributed by atoms with Gasteiger partial charge in [0.25, 0.3) is 6.01 Å². The molecule has 3 aromatic carbocycles. The monoisotopic (exact) mass is 316 g/mol. The largest absolute Gasteiger partial charge is 0.423 e.